The lowest BCUT2D eigenvalue weighted by Crippen LogP contribution is -2.54. The molecule has 338 valence electrons. The van der Waals surface area contributed by atoms with E-state index in [-0.39, 0.29) is 12.8 Å². The Morgan fingerprint density at radius 2 is 1.60 bits per heavy atom. The Hall–Kier alpha value is -6.10. The number of aryl methyl sites for hydroxylation is 1. The van der Waals surface area contributed by atoms with Crippen LogP contribution in [0, 0.1) is 5.92 Å². The maximum atomic E-state index is 13.4. The number of rotatable bonds is 12. The van der Waals surface area contributed by atoms with E-state index in [1.165, 1.54) is 0 Å². The van der Waals surface area contributed by atoms with Crippen LogP contribution in [-0.4, -0.2) is 125 Å². The lowest BCUT2D eigenvalue weighted by atomic mass is 9.95. The molecular formula is C46H51BrN11O6P. The smallest absolute Gasteiger partial charge is 0.262 e. The standard InChI is InChI=1S/C46H51BrN11O6P/c1-54-27-29(24-49-54)32-22-36(51-46-48-25-34(47)42(53-46)50-35-7-5-6-8-40(35)65(3,4)63)39(64-2)23-38(32)57-19-17-55(18-20-57)26-28-13-15-56(16-14-28)30-9-10-31-33(21-30)45(62)58(44(31)61)37-11-12-41(59)52-43(37)60/h5-10,21-25,27-28,37H,11-20,26H2,1-4H3,(H,52,59,60)(H2,48,50,51,53). The van der Waals surface area contributed by atoms with E-state index < -0.39 is 36.8 Å². The molecule has 65 heavy (non-hydrogen) atoms. The van der Waals surface area contributed by atoms with Crippen molar-refractivity contribution < 1.29 is 28.5 Å². The van der Waals surface area contributed by atoms with Gasteiger partial charge in [0.1, 0.15) is 24.8 Å². The Morgan fingerprint density at radius 1 is 0.846 bits per heavy atom. The number of methoxy groups -OCH3 is 1. The van der Waals surface area contributed by atoms with E-state index >= 15 is 0 Å². The first kappa shape index (κ1) is 44.1. The van der Waals surface area contributed by atoms with Gasteiger partial charge in [0.15, 0.2) is 0 Å². The van der Waals surface area contributed by atoms with Crippen molar-refractivity contribution in [1.29, 1.82) is 0 Å². The fraction of sp³-hybridized carbons (Fsp3) is 0.370. The van der Waals surface area contributed by atoms with Crippen LogP contribution in [0.5, 0.6) is 5.75 Å². The van der Waals surface area contributed by atoms with Gasteiger partial charge in [-0.3, -0.25) is 39.0 Å². The number of hydrogen-bond acceptors (Lipinski definition) is 14. The first-order chi connectivity index (χ1) is 31.2. The molecular weight excluding hydrogens is 913 g/mol. The Bertz CT molecular complexity index is 2740. The summed E-state index contributed by atoms with van der Waals surface area (Å²) in [5, 5.41) is 14.2. The number of nitrogens with zero attached hydrogens (tertiary/aromatic N) is 8. The van der Waals surface area contributed by atoms with Gasteiger partial charge in [-0.25, -0.2) is 4.98 Å². The van der Waals surface area contributed by atoms with E-state index in [0.29, 0.717) is 50.4 Å². The van der Waals surface area contributed by atoms with Crippen LogP contribution in [0.3, 0.4) is 0 Å². The number of aromatic nitrogens is 4. The van der Waals surface area contributed by atoms with Crippen molar-refractivity contribution in [3.63, 3.8) is 0 Å². The van der Waals surface area contributed by atoms with E-state index in [1.54, 1.807) is 43.5 Å². The average Bonchev–Trinajstić information content (AvgIpc) is 3.84. The third-order valence-corrected chi connectivity index (χ3v) is 14.8. The summed E-state index contributed by atoms with van der Waals surface area (Å²) in [5.41, 5.74) is 5.89. The molecule has 1 unspecified atom stereocenters. The van der Waals surface area contributed by atoms with Crippen molar-refractivity contribution in [1.82, 2.24) is 34.9 Å². The van der Waals surface area contributed by atoms with Gasteiger partial charge in [0.25, 0.3) is 11.8 Å². The number of anilines is 6. The zero-order valence-electron chi connectivity index (χ0n) is 36.7. The number of ether oxygens (including phenoxy) is 1. The fourth-order valence-electron chi connectivity index (χ4n) is 9.27. The number of carbonyl (C=O) groups excluding carboxylic acids is 4. The first-order valence-corrected chi connectivity index (χ1v) is 25.1. The van der Waals surface area contributed by atoms with E-state index in [1.807, 2.05) is 49.8 Å². The normalized spacial score (nSPS) is 18.5. The molecule has 3 aromatic carbocycles. The molecule has 4 aliphatic rings. The van der Waals surface area contributed by atoms with Gasteiger partial charge in [-0.2, -0.15) is 10.1 Å². The van der Waals surface area contributed by atoms with Crippen LogP contribution in [0.1, 0.15) is 46.4 Å². The largest absolute Gasteiger partial charge is 0.494 e. The minimum atomic E-state index is -2.57. The third-order valence-electron chi connectivity index (χ3n) is 12.7. The highest BCUT2D eigenvalue weighted by molar-refractivity contribution is 9.10. The van der Waals surface area contributed by atoms with Crippen LogP contribution in [0.25, 0.3) is 11.1 Å². The monoisotopic (exact) mass is 963 g/mol. The molecule has 0 radical (unpaired) electrons. The molecule has 19 heteroatoms. The SMILES string of the molecule is COc1cc(N2CCN(CC3CCN(c4ccc5c(c4)C(=O)N(C4CCC(=O)NC4=O)C5=O)CC3)CC2)c(-c2cnn(C)c2)cc1Nc1ncc(Br)c(Nc2ccccc2P(C)(C)=O)n1. The Kier molecular flexibility index (Phi) is 12.3. The topological polar surface area (TPSA) is 187 Å². The molecule has 4 aliphatic heterocycles. The number of nitrogens with one attached hydrogen (secondary N) is 3. The van der Waals surface area contributed by atoms with Gasteiger partial charge in [0.2, 0.25) is 17.8 Å². The molecule has 3 saturated heterocycles. The fourth-order valence-corrected chi connectivity index (χ4v) is 10.7. The minimum absolute atomic E-state index is 0.0856. The highest BCUT2D eigenvalue weighted by Gasteiger charge is 2.45. The second-order valence-electron chi connectivity index (χ2n) is 17.4. The van der Waals surface area contributed by atoms with Gasteiger partial charge in [-0.15, -0.1) is 0 Å². The molecule has 0 aliphatic carbocycles. The molecule has 5 aromatic rings. The number of halogens is 1. The van der Waals surface area contributed by atoms with Crippen LogP contribution >= 0.6 is 23.1 Å². The van der Waals surface area contributed by atoms with Crippen LogP contribution in [0.15, 0.2) is 77.7 Å². The van der Waals surface area contributed by atoms with Gasteiger partial charge < -0.3 is 29.7 Å². The summed E-state index contributed by atoms with van der Waals surface area (Å²) in [6, 6.07) is 16.0. The average molecular weight is 965 g/mol. The van der Waals surface area contributed by atoms with Crippen LogP contribution < -0.4 is 35.8 Å². The molecule has 9 rings (SSSR count). The summed E-state index contributed by atoms with van der Waals surface area (Å²) in [4.78, 5) is 68.5. The number of piperidine rings is 2. The lowest BCUT2D eigenvalue weighted by Gasteiger charge is -2.40. The number of fused-ring (bicyclic) bond motifs is 1. The molecule has 6 heterocycles. The maximum absolute atomic E-state index is 13.4. The molecule has 4 amide bonds. The van der Waals surface area contributed by atoms with Crippen LogP contribution in [-0.2, 0) is 21.2 Å². The van der Waals surface area contributed by atoms with Gasteiger partial charge in [-0.1, -0.05) is 12.1 Å². The molecule has 3 fully saturated rings. The summed E-state index contributed by atoms with van der Waals surface area (Å²) in [6.45, 7) is 9.60. The minimum Gasteiger partial charge on any atom is -0.494 e. The van der Waals surface area contributed by atoms with Crippen molar-refractivity contribution in [2.24, 2.45) is 13.0 Å². The van der Waals surface area contributed by atoms with E-state index in [0.717, 1.165) is 91.4 Å². The number of hydrogen-bond donors (Lipinski definition) is 3. The van der Waals surface area contributed by atoms with Crippen LogP contribution in [0.2, 0.25) is 0 Å². The van der Waals surface area contributed by atoms with Crippen molar-refractivity contribution >= 4 is 86.5 Å². The van der Waals surface area contributed by atoms with Crippen molar-refractivity contribution in [3.05, 3.63) is 88.8 Å². The number of imide groups is 2. The van der Waals surface area contributed by atoms with E-state index in [4.69, 9.17) is 9.72 Å². The van der Waals surface area contributed by atoms with Crippen LogP contribution in [0.4, 0.5) is 34.5 Å². The van der Waals surface area contributed by atoms with Gasteiger partial charge in [0, 0.05) is 106 Å². The zero-order chi connectivity index (χ0) is 45.6. The van der Waals surface area contributed by atoms with E-state index in [2.05, 4.69) is 68.8 Å². The second kappa shape index (κ2) is 18.1. The Balaban J connectivity index is 0.845. The van der Waals surface area contributed by atoms with Crippen molar-refractivity contribution in [2.75, 3.05) is 86.7 Å². The van der Waals surface area contributed by atoms with E-state index in [9.17, 15) is 23.7 Å². The second-order valence-corrected chi connectivity index (χ2v) is 21.4. The predicted molar refractivity (Wildman–Crippen MR) is 254 cm³/mol. The number of para-hydroxylation sites is 1. The Morgan fingerprint density at radius 3 is 2.31 bits per heavy atom. The number of piperazine rings is 1. The Labute approximate surface area is 385 Å². The summed E-state index contributed by atoms with van der Waals surface area (Å²) in [7, 11) is 0.988. The molecule has 0 bridgehead atoms. The first-order valence-electron chi connectivity index (χ1n) is 21.7. The maximum Gasteiger partial charge on any atom is 0.262 e. The molecule has 0 saturated carbocycles. The zero-order valence-corrected chi connectivity index (χ0v) is 39.2. The quantitative estimate of drug-likeness (QED) is 0.100. The van der Waals surface area contributed by atoms with Crippen molar-refractivity contribution in [2.45, 2.75) is 31.7 Å². The highest BCUT2D eigenvalue weighted by Crippen LogP contribution is 2.42. The lowest BCUT2D eigenvalue weighted by molar-refractivity contribution is -0.136. The summed E-state index contributed by atoms with van der Waals surface area (Å²) < 4.78 is 21.5. The molecule has 3 N–H and O–H groups in total. The molecule has 17 nitrogen and oxygen atoms in total. The number of benzene rings is 3. The molecule has 1 atom stereocenters. The van der Waals surface area contributed by atoms with Gasteiger partial charge in [0.05, 0.1) is 40.3 Å². The predicted octanol–water partition coefficient (Wildman–Crippen LogP) is 5.82. The number of carbonyl (C=O) groups is 4. The summed E-state index contributed by atoms with van der Waals surface area (Å²) in [5.74, 6) is 0.0358. The highest BCUT2D eigenvalue weighted by atomic mass is 79.9. The van der Waals surface area contributed by atoms with Crippen molar-refractivity contribution in [3.8, 4) is 16.9 Å². The third kappa shape index (κ3) is 9.11. The van der Waals surface area contributed by atoms with Gasteiger partial charge >= 0.3 is 0 Å². The van der Waals surface area contributed by atoms with Gasteiger partial charge in [-0.05, 0) is 90.8 Å². The number of amides is 4. The summed E-state index contributed by atoms with van der Waals surface area (Å²) >= 11 is 3.58. The summed E-state index contributed by atoms with van der Waals surface area (Å²) in [6.07, 6.45) is 7.75. The molecule has 2 aromatic heterocycles. The molecule has 0 spiro atoms.